The molecule has 1 N–H and O–H groups in total. The van der Waals surface area contributed by atoms with Gasteiger partial charge in [0.1, 0.15) is 0 Å². The van der Waals surface area contributed by atoms with Gasteiger partial charge in [0, 0.05) is 18.4 Å². The molecule has 0 spiro atoms. The number of ether oxygens (including phenoxy) is 1. The van der Waals surface area contributed by atoms with E-state index in [2.05, 4.69) is 10.3 Å². The second-order valence-electron chi connectivity index (χ2n) is 3.19. The highest BCUT2D eigenvalue weighted by molar-refractivity contribution is 5.71. The number of carbonyl (C=O) groups is 1. The highest BCUT2D eigenvalue weighted by atomic mass is 16.5. The molecule has 1 heterocycles. The van der Waals surface area contributed by atoms with Crippen molar-refractivity contribution in [1.82, 2.24) is 10.3 Å². The van der Waals surface area contributed by atoms with Crippen LogP contribution in [0.1, 0.15) is 25.5 Å². The van der Waals surface area contributed by atoms with Crippen LogP contribution in [-0.2, 0) is 9.53 Å². The van der Waals surface area contributed by atoms with Gasteiger partial charge in [0.15, 0.2) is 0 Å². The first-order chi connectivity index (χ1) is 7.24. The fourth-order valence-electron chi connectivity index (χ4n) is 1.22. The largest absolute Gasteiger partial charge is 0.465 e. The monoisotopic (exact) mass is 208 g/mol. The molecule has 82 valence electrons. The van der Waals surface area contributed by atoms with Crippen molar-refractivity contribution in [2.75, 3.05) is 13.2 Å². The maximum atomic E-state index is 11.1. The molecule has 0 radical (unpaired) electrons. The van der Waals surface area contributed by atoms with E-state index in [4.69, 9.17) is 4.74 Å². The van der Waals surface area contributed by atoms with Crippen LogP contribution in [0.3, 0.4) is 0 Å². The van der Waals surface area contributed by atoms with Crippen molar-refractivity contribution in [3.05, 3.63) is 30.1 Å². The van der Waals surface area contributed by atoms with Crippen molar-refractivity contribution in [3.8, 4) is 0 Å². The van der Waals surface area contributed by atoms with Crippen molar-refractivity contribution in [1.29, 1.82) is 0 Å². The molecule has 0 aliphatic carbocycles. The Kier molecular flexibility index (Phi) is 4.77. The Morgan fingerprint density at radius 3 is 2.80 bits per heavy atom. The smallest absolute Gasteiger partial charge is 0.319 e. The van der Waals surface area contributed by atoms with Gasteiger partial charge in [-0.25, -0.2) is 0 Å². The fraction of sp³-hybridized carbons (Fsp3) is 0.455. The van der Waals surface area contributed by atoms with E-state index in [0.29, 0.717) is 6.61 Å². The minimum Gasteiger partial charge on any atom is -0.465 e. The zero-order valence-corrected chi connectivity index (χ0v) is 9.06. The third kappa shape index (κ3) is 4.08. The molecule has 0 amide bonds. The van der Waals surface area contributed by atoms with Crippen LogP contribution in [0.2, 0.25) is 0 Å². The average Bonchev–Trinajstić information content (AvgIpc) is 2.27. The lowest BCUT2D eigenvalue weighted by molar-refractivity contribution is -0.142. The number of hydrogen-bond acceptors (Lipinski definition) is 4. The predicted octanol–water partition coefficient (Wildman–Crippen LogP) is 1.30. The van der Waals surface area contributed by atoms with Crippen molar-refractivity contribution in [2.24, 2.45) is 0 Å². The zero-order valence-electron chi connectivity index (χ0n) is 9.06. The van der Waals surface area contributed by atoms with Crippen LogP contribution < -0.4 is 5.32 Å². The number of pyridine rings is 1. The maximum absolute atomic E-state index is 11.1. The van der Waals surface area contributed by atoms with E-state index in [1.165, 1.54) is 0 Å². The van der Waals surface area contributed by atoms with Gasteiger partial charge in [0.25, 0.3) is 0 Å². The number of carbonyl (C=O) groups excluding carboxylic acids is 1. The lowest BCUT2D eigenvalue weighted by Gasteiger charge is -2.12. The first-order valence-electron chi connectivity index (χ1n) is 5.03. The lowest BCUT2D eigenvalue weighted by Crippen LogP contribution is -2.27. The Labute approximate surface area is 89.7 Å². The SMILES string of the molecule is CCOC(=O)CN[C@H](C)c1ccncc1. The standard InChI is InChI=1S/C11H16N2O2/c1-3-15-11(14)8-13-9(2)10-4-6-12-7-5-10/h4-7,9,13H,3,8H2,1-2H3/t9-/m1/s1. The summed E-state index contributed by atoms with van der Waals surface area (Å²) in [5.41, 5.74) is 1.11. The third-order valence-electron chi connectivity index (χ3n) is 2.06. The summed E-state index contributed by atoms with van der Waals surface area (Å²) in [7, 11) is 0. The summed E-state index contributed by atoms with van der Waals surface area (Å²) in [5, 5.41) is 3.08. The Morgan fingerprint density at radius 2 is 2.20 bits per heavy atom. The van der Waals surface area contributed by atoms with Gasteiger partial charge < -0.3 is 10.1 Å². The van der Waals surface area contributed by atoms with Crippen LogP contribution >= 0.6 is 0 Å². The minimum atomic E-state index is -0.224. The molecule has 1 atom stereocenters. The quantitative estimate of drug-likeness (QED) is 0.741. The Balaban J connectivity index is 2.37. The van der Waals surface area contributed by atoms with Crippen LogP contribution in [-0.4, -0.2) is 24.1 Å². The van der Waals surface area contributed by atoms with Crippen molar-refractivity contribution >= 4 is 5.97 Å². The van der Waals surface area contributed by atoms with Gasteiger partial charge >= 0.3 is 5.97 Å². The Hall–Kier alpha value is -1.42. The van der Waals surface area contributed by atoms with Gasteiger partial charge in [-0.1, -0.05) is 0 Å². The normalized spacial score (nSPS) is 12.1. The van der Waals surface area contributed by atoms with Crippen molar-refractivity contribution in [3.63, 3.8) is 0 Å². The number of hydrogen-bond donors (Lipinski definition) is 1. The molecule has 4 nitrogen and oxygen atoms in total. The van der Waals surface area contributed by atoms with Crippen molar-refractivity contribution in [2.45, 2.75) is 19.9 Å². The van der Waals surface area contributed by atoms with Crippen LogP contribution in [0.5, 0.6) is 0 Å². The van der Waals surface area contributed by atoms with Gasteiger partial charge in [0.2, 0.25) is 0 Å². The first-order valence-corrected chi connectivity index (χ1v) is 5.03. The van der Waals surface area contributed by atoms with E-state index in [9.17, 15) is 4.79 Å². The summed E-state index contributed by atoms with van der Waals surface area (Å²) in [5.74, 6) is -0.224. The van der Waals surface area contributed by atoms with E-state index in [-0.39, 0.29) is 18.6 Å². The fourth-order valence-corrected chi connectivity index (χ4v) is 1.22. The molecule has 0 aliphatic heterocycles. The summed E-state index contributed by atoms with van der Waals surface area (Å²) < 4.78 is 4.81. The molecule has 1 aromatic rings. The third-order valence-corrected chi connectivity index (χ3v) is 2.06. The van der Waals surface area contributed by atoms with Gasteiger partial charge in [-0.3, -0.25) is 9.78 Å². The zero-order chi connectivity index (χ0) is 11.1. The van der Waals surface area contributed by atoms with E-state index < -0.39 is 0 Å². The molecule has 4 heteroatoms. The second kappa shape index (κ2) is 6.14. The van der Waals surface area contributed by atoms with E-state index >= 15 is 0 Å². The summed E-state index contributed by atoms with van der Waals surface area (Å²) in [6.45, 7) is 4.44. The molecule has 15 heavy (non-hydrogen) atoms. The summed E-state index contributed by atoms with van der Waals surface area (Å²) >= 11 is 0. The van der Waals surface area contributed by atoms with Gasteiger partial charge in [-0.2, -0.15) is 0 Å². The highest BCUT2D eigenvalue weighted by Gasteiger charge is 2.07. The molecule has 0 fully saturated rings. The number of rotatable bonds is 5. The first kappa shape index (κ1) is 11.7. The molecule has 0 saturated carbocycles. The molecule has 0 aliphatic rings. The molecular formula is C11H16N2O2. The molecule has 0 bridgehead atoms. The topological polar surface area (TPSA) is 51.2 Å². The van der Waals surface area contributed by atoms with Crippen LogP contribution in [0.25, 0.3) is 0 Å². The summed E-state index contributed by atoms with van der Waals surface area (Å²) in [4.78, 5) is 15.0. The van der Waals surface area contributed by atoms with Gasteiger partial charge in [-0.05, 0) is 31.5 Å². The molecule has 0 saturated heterocycles. The number of nitrogens with one attached hydrogen (secondary N) is 1. The molecule has 1 rings (SSSR count). The lowest BCUT2D eigenvalue weighted by atomic mass is 10.1. The van der Waals surface area contributed by atoms with Crippen LogP contribution in [0, 0.1) is 0 Å². The Bertz CT molecular complexity index is 301. The van der Waals surface area contributed by atoms with E-state index in [1.54, 1.807) is 19.3 Å². The van der Waals surface area contributed by atoms with Gasteiger partial charge in [0.05, 0.1) is 13.2 Å². The predicted molar refractivity (Wildman–Crippen MR) is 57.3 cm³/mol. The summed E-state index contributed by atoms with van der Waals surface area (Å²) in [6.07, 6.45) is 3.47. The molecular weight excluding hydrogens is 192 g/mol. The Morgan fingerprint density at radius 1 is 1.53 bits per heavy atom. The number of nitrogens with zero attached hydrogens (tertiary/aromatic N) is 1. The minimum absolute atomic E-state index is 0.123. The molecule has 0 aromatic carbocycles. The second-order valence-corrected chi connectivity index (χ2v) is 3.19. The molecule has 0 unspecified atom stereocenters. The average molecular weight is 208 g/mol. The highest BCUT2D eigenvalue weighted by Crippen LogP contribution is 2.09. The van der Waals surface area contributed by atoms with Crippen LogP contribution in [0.15, 0.2) is 24.5 Å². The van der Waals surface area contributed by atoms with E-state index in [0.717, 1.165) is 5.56 Å². The van der Waals surface area contributed by atoms with E-state index in [1.807, 2.05) is 19.1 Å². The van der Waals surface area contributed by atoms with Gasteiger partial charge in [-0.15, -0.1) is 0 Å². The van der Waals surface area contributed by atoms with Crippen LogP contribution in [0.4, 0.5) is 0 Å². The number of esters is 1. The maximum Gasteiger partial charge on any atom is 0.319 e. The molecule has 1 aromatic heterocycles. The van der Waals surface area contributed by atoms with Crippen molar-refractivity contribution < 1.29 is 9.53 Å². The number of aromatic nitrogens is 1. The summed E-state index contributed by atoms with van der Waals surface area (Å²) in [6, 6.07) is 3.96.